The van der Waals surface area contributed by atoms with Crippen LogP contribution in [-0.4, -0.2) is 31.7 Å². The Morgan fingerprint density at radius 1 is 1.42 bits per heavy atom. The quantitative estimate of drug-likeness (QED) is 0.848. The highest BCUT2D eigenvalue weighted by atomic mass is 16.2. The Hall–Kier alpha value is -1.39. The summed E-state index contributed by atoms with van der Waals surface area (Å²) in [6, 6.07) is 6.56. The third kappa shape index (κ3) is 2.96. The molecular formula is C15H22N2O2. The van der Waals surface area contributed by atoms with Crippen molar-refractivity contribution in [2.45, 2.75) is 31.7 Å². The number of aliphatic hydroxyl groups is 1. The van der Waals surface area contributed by atoms with Gasteiger partial charge in [0.05, 0.1) is 0 Å². The first-order chi connectivity index (χ1) is 9.17. The fourth-order valence-electron chi connectivity index (χ4n) is 2.67. The van der Waals surface area contributed by atoms with Gasteiger partial charge in [0.25, 0.3) is 0 Å². The summed E-state index contributed by atoms with van der Waals surface area (Å²) in [5.74, 6) is 0.186. The second-order valence-corrected chi connectivity index (χ2v) is 5.05. The standard InChI is InChI=1S/C15H22N2O2/c1-16-13(4-3-9-18)11-5-7-14-12(10-11)6-8-15(19)17(14)2/h5,7,10,13,16,18H,3-4,6,8-9H2,1-2H3. The van der Waals surface area contributed by atoms with Crippen LogP contribution in [0.25, 0.3) is 0 Å². The lowest BCUT2D eigenvalue weighted by molar-refractivity contribution is -0.118. The number of hydrogen-bond acceptors (Lipinski definition) is 3. The molecule has 2 N–H and O–H groups in total. The van der Waals surface area contributed by atoms with Gasteiger partial charge in [-0.2, -0.15) is 0 Å². The first-order valence-corrected chi connectivity index (χ1v) is 6.85. The first-order valence-electron chi connectivity index (χ1n) is 6.85. The summed E-state index contributed by atoms with van der Waals surface area (Å²) in [6.45, 7) is 0.223. The molecule has 1 aliphatic rings. The van der Waals surface area contributed by atoms with Crippen LogP contribution in [0.2, 0.25) is 0 Å². The minimum atomic E-state index is 0.186. The zero-order valence-corrected chi connectivity index (χ0v) is 11.6. The van der Waals surface area contributed by atoms with E-state index in [-0.39, 0.29) is 18.6 Å². The van der Waals surface area contributed by atoms with Crippen LogP contribution < -0.4 is 10.2 Å². The van der Waals surface area contributed by atoms with Crippen LogP contribution in [0.1, 0.15) is 36.4 Å². The maximum absolute atomic E-state index is 11.7. The Kier molecular flexibility index (Phi) is 4.56. The average Bonchev–Trinajstić information content (AvgIpc) is 2.44. The number of carbonyl (C=O) groups is 1. The molecule has 19 heavy (non-hydrogen) atoms. The second-order valence-electron chi connectivity index (χ2n) is 5.05. The number of amides is 1. The van der Waals surface area contributed by atoms with Crippen molar-refractivity contribution in [2.75, 3.05) is 25.6 Å². The molecule has 0 radical (unpaired) electrons. The van der Waals surface area contributed by atoms with Crippen LogP contribution in [0.5, 0.6) is 0 Å². The van der Waals surface area contributed by atoms with Crippen molar-refractivity contribution < 1.29 is 9.90 Å². The summed E-state index contributed by atoms with van der Waals surface area (Å²) in [5, 5.41) is 12.2. The van der Waals surface area contributed by atoms with E-state index >= 15 is 0 Å². The molecule has 4 heteroatoms. The lowest BCUT2D eigenvalue weighted by Crippen LogP contribution is -2.31. The predicted molar refractivity (Wildman–Crippen MR) is 76.3 cm³/mol. The number of anilines is 1. The second kappa shape index (κ2) is 6.17. The van der Waals surface area contributed by atoms with E-state index in [9.17, 15) is 4.79 Å². The van der Waals surface area contributed by atoms with Gasteiger partial charge < -0.3 is 15.3 Å². The average molecular weight is 262 g/mol. The highest BCUT2D eigenvalue weighted by Crippen LogP contribution is 2.30. The van der Waals surface area contributed by atoms with Crippen molar-refractivity contribution in [1.82, 2.24) is 5.32 Å². The summed E-state index contributed by atoms with van der Waals surface area (Å²) in [5.41, 5.74) is 3.50. The molecule has 0 aromatic heterocycles. The zero-order chi connectivity index (χ0) is 13.8. The first kappa shape index (κ1) is 14.0. The molecular weight excluding hydrogens is 240 g/mol. The van der Waals surface area contributed by atoms with Crippen molar-refractivity contribution in [3.63, 3.8) is 0 Å². The summed E-state index contributed by atoms with van der Waals surface area (Å²) in [4.78, 5) is 13.4. The number of nitrogens with one attached hydrogen (secondary N) is 1. The molecule has 1 aromatic rings. The Morgan fingerprint density at radius 2 is 2.21 bits per heavy atom. The molecule has 0 spiro atoms. The van der Waals surface area contributed by atoms with Gasteiger partial charge in [0.2, 0.25) is 5.91 Å². The van der Waals surface area contributed by atoms with Crippen molar-refractivity contribution in [3.05, 3.63) is 29.3 Å². The molecule has 0 bridgehead atoms. The number of aliphatic hydroxyl groups excluding tert-OH is 1. The topological polar surface area (TPSA) is 52.6 Å². The molecule has 1 heterocycles. The number of benzene rings is 1. The summed E-state index contributed by atoms with van der Waals surface area (Å²) < 4.78 is 0. The Morgan fingerprint density at radius 3 is 2.89 bits per heavy atom. The van der Waals surface area contributed by atoms with Gasteiger partial charge in [-0.15, -0.1) is 0 Å². The third-order valence-corrected chi connectivity index (χ3v) is 3.85. The van der Waals surface area contributed by atoms with Gasteiger partial charge in [0, 0.05) is 31.8 Å². The van der Waals surface area contributed by atoms with Gasteiger partial charge in [-0.1, -0.05) is 12.1 Å². The van der Waals surface area contributed by atoms with Gasteiger partial charge in [0.1, 0.15) is 0 Å². The molecule has 0 saturated carbocycles. The Balaban J connectivity index is 2.23. The summed E-state index contributed by atoms with van der Waals surface area (Å²) >= 11 is 0. The molecule has 1 atom stereocenters. The fraction of sp³-hybridized carbons (Fsp3) is 0.533. The van der Waals surface area contributed by atoms with Crippen LogP contribution in [0, 0.1) is 0 Å². The molecule has 1 amide bonds. The molecule has 104 valence electrons. The van der Waals surface area contributed by atoms with Crippen LogP contribution in [-0.2, 0) is 11.2 Å². The number of nitrogens with zero attached hydrogens (tertiary/aromatic N) is 1. The monoisotopic (exact) mass is 262 g/mol. The lowest BCUT2D eigenvalue weighted by atomic mass is 9.94. The number of carbonyl (C=O) groups excluding carboxylic acids is 1. The van der Waals surface area contributed by atoms with Crippen LogP contribution in [0.15, 0.2) is 18.2 Å². The van der Waals surface area contributed by atoms with Gasteiger partial charge in [-0.05, 0) is 43.5 Å². The molecule has 1 unspecified atom stereocenters. The summed E-state index contributed by atoms with van der Waals surface area (Å²) in [6.07, 6.45) is 3.12. The normalized spacial score (nSPS) is 16.4. The zero-order valence-electron chi connectivity index (χ0n) is 11.6. The van der Waals surface area contributed by atoms with E-state index in [1.54, 1.807) is 4.90 Å². The van der Waals surface area contributed by atoms with Gasteiger partial charge >= 0.3 is 0 Å². The maximum atomic E-state index is 11.7. The number of rotatable bonds is 5. The molecule has 0 saturated heterocycles. The Labute approximate surface area is 114 Å². The Bertz CT molecular complexity index is 459. The van der Waals surface area contributed by atoms with Crippen molar-refractivity contribution in [1.29, 1.82) is 0 Å². The third-order valence-electron chi connectivity index (χ3n) is 3.85. The molecule has 4 nitrogen and oxygen atoms in total. The molecule has 0 aliphatic carbocycles. The van der Waals surface area contributed by atoms with Crippen LogP contribution in [0.3, 0.4) is 0 Å². The van der Waals surface area contributed by atoms with E-state index in [0.717, 1.165) is 24.9 Å². The minimum absolute atomic E-state index is 0.186. The molecule has 2 rings (SSSR count). The SMILES string of the molecule is CNC(CCCO)c1ccc2c(c1)CCC(=O)N2C. The van der Waals surface area contributed by atoms with Crippen molar-refractivity contribution >= 4 is 11.6 Å². The van der Waals surface area contributed by atoms with E-state index in [1.807, 2.05) is 20.2 Å². The largest absolute Gasteiger partial charge is 0.396 e. The van der Waals surface area contributed by atoms with Gasteiger partial charge in [-0.25, -0.2) is 0 Å². The lowest BCUT2D eigenvalue weighted by Gasteiger charge is -2.27. The minimum Gasteiger partial charge on any atom is -0.396 e. The van der Waals surface area contributed by atoms with E-state index in [2.05, 4.69) is 17.4 Å². The molecule has 0 fully saturated rings. The van der Waals surface area contributed by atoms with Gasteiger partial charge in [0.15, 0.2) is 0 Å². The van der Waals surface area contributed by atoms with Crippen molar-refractivity contribution in [3.8, 4) is 0 Å². The molecule has 1 aromatic carbocycles. The fourth-order valence-corrected chi connectivity index (χ4v) is 2.67. The smallest absolute Gasteiger partial charge is 0.227 e. The number of hydrogen-bond donors (Lipinski definition) is 2. The van der Waals surface area contributed by atoms with E-state index < -0.39 is 0 Å². The van der Waals surface area contributed by atoms with Gasteiger partial charge in [-0.3, -0.25) is 4.79 Å². The van der Waals surface area contributed by atoms with E-state index in [0.29, 0.717) is 6.42 Å². The highest BCUT2D eigenvalue weighted by molar-refractivity contribution is 5.95. The number of aryl methyl sites for hydroxylation is 1. The predicted octanol–water partition coefficient (Wildman–Crippen LogP) is 1.63. The van der Waals surface area contributed by atoms with E-state index in [4.69, 9.17) is 5.11 Å². The van der Waals surface area contributed by atoms with Crippen LogP contribution >= 0.6 is 0 Å². The van der Waals surface area contributed by atoms with Crippen LogP contribution in [0.4, 0.5) is 5.69 Å². The summed E-state index contributed by atoms with van der Waals surface area (Å²) in [7, 11) is 3.78. The van der Waals surface area contributed by atoms with Crippen molar-refractivity contribution in [2.24, 2.45) is 0 Å². The maximum Gasteiger partial charge on any atom is 0.227 e. The number of fused-ring (bicyclic) bond motifs is 1. The van der Waals surface area contributed by atoms with E-state index in [1.165, 1.54) is 11.1 Å². The highest BCUT2D eigenvalue weighted by Gasteiger charge is 2.21. The molecule has 1 aliphatic heterocycles.